The molecule has 0 rings (SSSR count). The Morgan fingerprint density at radius 2 is 1.21 bits per heavy atom. The minimum Gasteiger partial charge on any atom is -0.475 e. The summed E-state index contributed by atoms with van der Waals surface area (Å²) >= 11 is 9.53. The molecule has 0 aliphatic rings. The highest BCUT2D eigenvalue weighted by molar-refractivity contribution is 6.40. The topological polar surface area (TPSA) is 57.5 Å². The van der Waals surface area contributed by atoms with Crippen LogP contribution in [0.1, 0.15) is 46.5 Å². The third-order valence-electron chi connectivity index (χ3n) is 1.20. The number of alkyl halides is 5. The van der Waals surface area contributed by atoms with Crippen LogP contribution >= 0.6 is 23.2 Å². The van der Waals surface area contributed by atoms with Crippen molar-refractivity contribution in [2.45, 2.75) is 52.6 Å². The van der Waals surface area contributed by atoms with Crippen molar-refractivity contribution < 1.29 is 28.2 Å². The molecule has 0 aliphatic carbocycles. The van der Waals surface area contributed by atoms with Gasteiger partial charge in [0, 0.05) is 6.61 Å². The standard InChI is InChI=1S/C6H14.C2HF3O2.C2H6O.CH2Cl2/c1-3-5-6-4-2;3-2(4,5)1(6)7;1-2-3;2-1-3/h3-6H2,1-2H3;(H,6,7);3H,2H2,1H3;1H2. The number of carboxylic acid groups (broad SMARTS) is 1. The zero-order valence-electron chi connectivity index (χ0n) is 11.4. The van der Waals surface area contributed by atoms with Gasteiger partial charge in [0.05, 0.1) is 5.34 Å². The number of aliphatic hydroxyl groups is 1. The number of halogens is 5. The van der Waals surface area contributed by atoms with Crippen molar-refractivity contribution in [3.05, 3.63) is 0 Å². The molecular formula is C11H23Cl2F3O3. The second-order valence-electron chi connectivity index (χ2n) is 2.93. The molecule has 0 unspecified atom stereocenters. The van der Waals surface area contributed by atoms with Crippen LogP contribution in [0.3, 0.4) is 0 Å². The SMILES string of the molecule is CCCCCC.CCO.ClCCl.O=C(O)C(F)(F)F. The van der Waals surface area contributed by atoms with Gasteiger partial charge in [-0.05, 0) is 6.92 Å². The Morgan fingerprint density at radius 3 is 1.26 bits per heavy atom. The summed E-state index contributed by atoms with van der Waals surface area (Å²) in [6.07, 6.45) is 0.453. The van der Waals surface area contributed by atoms with E-state index in [0.717, 1.165) is 0 Å². The molecule has 3 nitrogen and oxygen atoms in total. The third kappa shape index (κ3) is 57.4. The van der Waals surface area contributed by atoms with Gasteiger partial charge in [-0.2, -0.15) is 13.2 Å². The van der Waals surface area contributed by atoms with E-state index in [4.69, 9.17) is 38.2 Å². The zero-order chi connectivity index (χ0) is 16.3. The van der Waals surface area contributed by atoms with Gasteiger partial charge in [-0.1, -0.05) is 39.5 Å². The fraction of sp³-hybridized carbons (Fsp3) is 0.909. The van der Waals surface area contributed by atoms with Crippen molar-refractivity contribution in [2.75, 3.05) is 11.9 Å². The molecule has 0 aromatic heterocycles. The summed E-state index contributed by atoms with van der Waals surface area (Å²) < 4.78 is 31.7. The van der Waals surface area contributed by atoms with Crippen molar-refractivity contribution in [1.82, 2.24) is 0 Å². The average molecular weight is 331 g/mol. The van der Waals surface area contributed by atoms with Gasteiger partial charge in [0.25, 0.3) is 0 Å². The molecule has 120 valence electrons. The maximum atomic E-state index is 10.6. The van der Waals surface area contributed by atoms with Crippen LogP contribution in [-0.2, 0) is 4.79 Å². The molecular weight excluding hydrogens is 308 g/mol. The first kappa shape index (κ1) is 27.2. The van der Waals surface area contributed by atoms with Gasteiger partial charge in [-0.15, -0.1) is 23.2 Å². The molecule has 0 bridgehead atoms. The zero-order valence-corrected chi connectivity index (χ0v) is 12.9. The van der Waals surface area contributed by atoms with Crippen LogP contribution in [0, 0.1) is 0 Å². The van der Waals surface area contributed by atoms with E-state index >= 15 is 0 Å². The van der Waals surface area contributed by atoms with Crippen LogP contribution in [0.4, 0.5) is 13.2 Å². The van der Waals surface area contributed by atoms with Gasteiger partial charge in [0.15, 0.2) is 0 Å². The highest BCUT2D eigenvalue weighted by Gasteiger charge is 2.38. The first-order chi connectivity index (χ1) is 8.69. The minimum atomic E-state index is -5.08. The predicted molar refractivity (Wildman–Crippen MR) is 72.8 cm³/mol. The number of rotatable bonds is 3. The van der Waals surface area contributed by atoms with Crippen LogP contribution in [0.25, 0.3) is 0 Å². The first-order valence-electron chi connectivity index (χ1n) is 5.72. The molecule has 0 fully saturated rings. The number of carboxylic acids is 1. The highest BCUT2D eigenvalue weighted by atomic mass is 35.5. The van der Waals surface area contributed by atoms with Crippen molar-refractivity contribution in [2.24, 2.45) is 0 Å². The second-order valence-corrected chi connectivity index (χ2v) is 3.74. The maximum Gasteiger partial charge on any atom is 0.490 e. The van der Waals surface area contributed by atoms with Gasteiger partial charge in [0.2, 0.25) is 0 Å². The smallest absolute Gasteiger partial charge is 0.475 e. The Balaban J connectivity index is -0.0000000851. The molecule has 2 N–H and O–H groups in total. The van der Waals surface area contributed by atoms with E-state index in [2.05, 4.69) is 13.8 Å². The van der Waals surface area contributed by atoms with E-state index in [1.807, 2.05) is 0 Å². The molecule has 0 radical (unpaired) electrons. The summed E-state index contributed by atoms with van der Waals surface area (Å²) in [7, 11) is 0. The molecule has 0 aromatic carbocycles. The molecule has 0 saturated carbocycles. The lowest BCUT2D eigenvalue weighted by Crippen LogP contribution is -2.21. The van der Waals surface area contributed by atoms with Crippen LogP contribution in [-0.4, -0.2) is 34.3 Å². The number of aliphatic carboxylic acids is 1. The van der Waals surface area contributed by atoms with Crippen molar-refractivity contribution in [3.8, 4) is 0 Å². The molecule has 0 spiro atoms. The number of unbranched alkanes of at least 4 members (excludes halogenated alkanes) is 3. The molecule has 19 heavy (non-hydrogen) atoms. The largest absolute Gasteiger partial charge is 0.490 e. The Labute approximate surface area is 122 Å². The monoisotopic (exact) mass is 330 g/mol. The summed E-state index contributed by atoms with van der Waals surface area (Å²) in [5, 5.41) is 14.9. The summed E-state index contributed by atoms with van der Waals surface area (Å²) in [4.78, 5) is 8.90. The summed E-state index contributed by atoms with van der Waals surface area (Å²) in [6.45, 7) is 6.39. The highest BCUT2D eigenvalue weighted by Crippen LogP contribution is 2.13. The van der Waals surface area contributed by atoms with E-state index in [9.17, 15) is 13.2 Å². The molecule has 0 atom stereocenters. The first-order valence-corrected chi connectivity index (χ1v) is 6.79. The number of carbonyl (C=O) groups is 1. The van der Waals surface area contributed by atoms with E-state index in [1.165, 1.54) is 25.7 Å². The van der Waals surface area contributed by atoms with Crippen LogP contribution in [0.15, 0.2) is 0 Å². The number of aliphatic hydroxyl groups excluding tert-OH is 1. The van der Waals surface area contributed by atoms with Gasteiger partial charge >= 0.3 is 12.1 Å². The maximum absolute atomic E-state index is 10.6. The van der Waals surface area contributed by atoms with E-state index < -0.39 is 12.1 Å². The summed E-state index contributed by atoms with van der Waals surface area (Å²) in [6, 6.07) is 0. The Bertz CT molecular complexity index is 162. The molecule has 0 aliphatic heterocycles. The molecule has 8 heteroatoms. The Kier molecular flexibility index (Phi) is 32.8. The number of hydrogen-bond acceptors (Lipinski definition) is 2. The van der Waals surface area contributed by atoms with E-state index in [1.54, 1.807) is 6.92 Å². The summed E-state index contributed by atoms with van der Waals surface area (Å²) in [5.74, 6) is -2.76. The predicted octanol–water partition coefficient (Wildman–Crippen LogP) is 4.64. The van der Waals surface area contributed by atoms with Crippen LogP contribution in [0.2, 0.25) is 0 Å². The summed E-state index contributed by atoms with van der Waals surface area (Å²) in [5.41, 5.74) is 0. The second kappa shape index (κ2) is 22.9. The average Bonchev–Trinajstić information content (AvgIpc) is 2.28. The third-order valence-corrected chi connectivity index (χ3v) is 1.20. The lowest BCUT2D eigenvalue weighted by Gasteiger charge is -1.93. The quantitative estimate of drug-likeness (QED) is 0.585. The van der Waals surface area contributed by atoms with Crippen LogP contribution < -0.4 is 0 Å². The molecule has 0 amide bonds. The fourth-order valence-electron chi connectivity index (χ4n) is 0.500. The fourth-order valence-corrected chi connectivity index (χ4v) is 0.500. The van der Waals surface area contributed by atoms with Gasteiger partial charge < -0.3 is 10.2 Å². The Morgan fingerprint density at radius 1 is 1.05 bits per heavy atom. The molecule has 0 aromatic rings. The lowest BCUT2D eigenvalue weighted by atomic mass is 10.2. The van der Waals surface area contributed by atoms with Crippen LogP contribution in [0.5, 0.6) is 0 Å². The number of hydrogen-bond donors (Lipinski definition) is 2. The molecule has 0 heterocycles. The van der Waals surface area contributed by atoms with Gasteiger partial charge in [-0.25, -0.2) is 4.79 Å². The van der Waals surface area contributed by atoms with Crippen molar-refractivity contribution >= 4 is 29.2 Å². The normalized spacial score (nSPS) is 8.89. The van der Waals surface area contributed by atoms with Gasteiger partial charge in [0.1, 0.15) is 0 Å². The lowest BCUT2D eigenvalue weighted by molar-refractivity contribution is -0.192. The minimum absolute atomic E-state index is 0.194. The van der Waals surface area contributed by atoms with Gasteiger partial charge in [-0.3, -0.25) is 0 Å². The van der Waals surface area contributed by atoms with E-state index in [-0.39, 0.29) is 11.9 Å². The van der Waals surface area contributed by atoms with Crippen molar-refractivity contribution in [1.29, 1.82) is 0 Å². The van der Waals surface area contributed by atoms with E-state index in [0.29, 0.717) is 0 Å². The Hall–Kier alpha value is -0.200. The van der Waals surface area contributed by atoms with Crippen molar-refractivity contribution in [3.63, 3.8) is 0 Å². The molecule has 0 saturated heterocycles.